The van der Waals surface area contributed by atoms with Gasteiger partial charge in [0.2, 0.25) is 0 Å². The molecule has 0 aromatic heterocycles. The lowest BCUT2D eigenvalue weighted by Gasteiger charge is -2.17. The molecule has 0 bridgehead atoms. The van der Waals surface area contributed by atoms with Crippen molar-refractivity contribution < 1.29 is 24.5 Å². The lowest BCUT2D eigenvalue weighted by atomic mass is 9.84. The molecule has 5 heteroatoms. The number of ether oxygens (including phenoxy) is 1. The zero-order valence-corrected chi connectivity index (χ0v) is 14.5. The predicted octanol–water partition coefficient (Wildman–Crippen LogP) is 2.94. The van der Waals surface area contributed by atoms with Crippen molar-refractivity contribution in [2.75, 3.05) is 0 Å². The molecule has 1 heterocycles. The Kier molecular flexibility index (Phi) is 5.78. The van der Waals surface area contributed by atoms with Gasteiger partial charge in [-0.15, -0.1) is 0 Å². The molecule has 2 aliphatic rings. The van der Waals surface area contributed by atoms with Crippen LogP contribution in [0, 0.1) is 0 Å². The Balaban J connectivity index is 1.82. The minimum Gasteiger partial charge on any atom is -0.481 e. The molecule has 0 aromatic rings. The van der Waals surface area contributed by atoms with Crippen molar-refractivity contribution in [2.24, 2.45) is 0 Å². The van der Waals surface area contributed by atoms with Crippen LogP contribution in [-0.4, -0.2) is 39.8 Å². The standard InChI is InChI=1S/C19H26O5/c1-12(7-8-16(21)22)5-4-6-13(2)9-10-19-15(20)11-14(3)17(23)18(19)24-19/h5,9,11,17-18,23H,4,6-8,10H2,1-3H3,(H,21,22)/t17-,18-,19+/m1/s1. The van der Waals surface area contributed by atoms with Gasteiger partial charge >= 0.3 is 5.97 Å². The fraction of sp³-hybridized carbons (Fsp3) is 0.579. The number of rotatable bonds is 8. The van der Waals surface area contributed by atoms with Crippen LogP contribution in [0.2, 0.25) is 0 Å². The maximum atomic E-state index is 12.2. The average molecular weight is 334 g/mol. The summed E-state index contributed by atoms with van der Waals surface area (Å²) in [5, 5.41) is 18.7. The monoisotopic (exact) mass is 334 g/mol. The first-order chi connectivity index (χ1) is 11.3. The average Bonchev–Trinajstić information content (AvgIpc) is 3.26. The first kappa shape index (κ1) is 18.6. The van der Waals surface area contributed by atoms with Gasteiger partial charge in [0.25, 0.3) is 0 Å². The number of hydrogen-bond donors (Lipinski definition) is 2. The van der Waals surface area contributed by atoms with Crippen LogP contribution in [-0.2, 0) is 14.3 Å². The number of epoxide rings is 1. The van der Waals surface area contributed by atoms with E-state index in [4.69, 9.17) is 9.84 Å². The Morgan fingerprint density at radius 2 is 1.92 bits per heavy atom. The number of carboxylic acids is 1. The highest BCUT2D eigenvalue weighted by Gasteiger charge is 2.65. The molecule has 5 nitrogen and oxygen atoms in total. The molecule has 3 atom stereocenters. The third-order valence-corrected chi connectivity index (χ3v) is 4.79. The molecule has 0 unspecified atom stereocenters. The highest BCUT2D eigenvalue weighted by atomic mass is 16.6. The van der Waals surface area contributed by atoms with E-state index in [0.29, 0.717) is 18.4 Å². The number of aliphatic hydroxyl groups is 1. The second kappa shape index (κ2) is 7.45. The van der Waals surface area contributed by atoms with Crippen molar-refractivity contribution >= 4 is 11.8 Å². The number of fused-ring (bicyclic) bond motifs is 1. The summed E-state index contributed by atoms with van der Waals surface area (Å²) < 4.78 is 5.54. The quantitative estimate of drug-likeness (QED) is 0.526. The van der Waals surface area contributed by atoms with Gasteiger partial charge < -0.3 is 14.9 Å². The number of hydrogen-bond acceptors (Lipinski definition) is 4. The van der Waals surface area contributed by atoms with Gasteiger partial charge in [0.15, 0.2) is 11.4 Å². The van der Waals surface area contributed by atoms with E-state index in [2.05, 4.69) is 6.08 Å². The van der Waals surface area contributed by atoms with Gasteiger partial charge in [0.05, 0.1) is 0 Å². The molecule has 0 spiro atoms. The third kappa shape index (κ3) is 4.22. The zero-order valence-electron chi connectivity index (χ0n) is 14.5. The number of carboxylic acid groups (broad SMARTS) is 1. The van der Waals surface area contributed by atoms with Gasteiger partial charge in [-0.05, 0) is 51.7 Å². The number of ketones is 1. The van der Waals surface area contributed by atoms with E-state index in [0.717, 1.165) is 24.0 Å². The van der Waals surface area contributed by atoms with Crippen molar-refractivity contribution in [1.29, 1.82) is 0 Å². The van der Waals surface area contributed by atoms with Crippen molar-refractivity contribution in [2.45, 2.75) is 70.7 Å². The lowest BCUT2D eigenvalue weighted by Crippen LogP contribution is -2.36. The molecule has 1 aliphatic carbocycles. The SMILES string of the molecule is CC(=CC[C@@]12O[C@@H]1[C@H](O)C(C)=CC2=O)CCC=C(C)CCC(=O)O. The summed E-state index contributed by atoms with van der Waals surface area (Å²) in [5.41, 5.74) is 2.06. The van der Waals surface area contributed by atoms with Crippen molar-refractivity contribution in [3.63, 3.8) is 0 Å². The third-order valence-electron chi connectivity index (χ3n) is 4.79. The first-order valence-corrected chi connectivity index (χ1v) is 8.38. The zero-order chi connectivity index (χ0) is 17.9. The van der Waals surface area contributed by atoms with E-state index in [1.807, 2.05) is 19.9 Å². The van der Waals surface area contributed by atoms with Crippen LogP contribution >= 0.6 is 0 Å². The molecule has 0 aromatic carbocycles. The first-order valence-electron chi connectivity index (χ1n) is 8.38. The van der Waals surface area contributed by atoms with E-state index < -0.39 is 23.8 Å². The highest BCUT2D eigenvalue weighted by molar-refractivity contribution is 6.02. The summed E-state index contributed by atoms with van der Waals surface area (Å²) in [6.45, 7) is 5.70. The molecule has 2 N–H and O–H groups in total. The summed E-state index contributed by atoms with van der Waals surface area (Å²) in [7, 11) is 0. The summed E-state index contributed by atoms with van der Waals surface area (Å²) in [6.07, 6.45) is 7.42. The van der Waals surface area contributed by atoms with Crippen LogP contribution in [0.5, 0.6) is 0 Å². The van der Waals surface area contributed by atoms with Gasteiger partial charge in [0, 0.05) is 12.8 Å². The Labute approximate surface area is 142 Å². The van der Waals surface area contributed by atoms with Crippen LogP contribution in [0.15, 0.2) is 34.9 Å². The summed E-state index contributed by atoms with van der Waals surface area (Å²) in [6, 6.07) is 0. The van der Waals surface area contributed by atoms with Gasteiger partial charge in [-0.1, -0.05) is 23.3 Å². The lowest BCUT2D eigenvalue weighted by molar-refractivity contribution is -0.137. The second-order valence-electron chi connectivity index (χ2n) is 6.86. The summed E-state index contributed by atoms with van der Waals surface area (Å²) in [5.74, 6) is -0.829. The topological polar surface area (TPSA) is 87.1 Å². The molecule has 0 radical (unpaired) electrons. The number of allylic oxidation sites excluding steroid dienone is 3. The minimum absolute atomic E-state index is 0.0521. The Morgan fingerprint density at radius 3 is 2.58 bits per heavy atom. The molecule has 1 saturated heterocycles. The van der Waals surface area contributed by atoms with E-state index in [-0.39, 0.29) is 12.2 Å². The van der Waals surface area contributed by atoms with E-state index >= 15 is 0 Å². The van der Waals surface area contributed by atoms with Crippen molar-refractivity contribution in [1.82, 2.24) is 0 Å². The van der Waals surface area contributed by atoms with Crippen molar-refractivity contribution in [3.8, 4) is 0 Å². The minimum atomic E-state index is -0.854. The maximum absolute atomic E-state index is 12.2. The Morgan fingerprint density at radius 1 is 1.25 bits per heavy atom. The number of aliphatic carboxylic acids is 1. The fourth-order valence-corrected chi connectivity index (χ4v) is 3.01. The molecule has 1 fully saturated rings. The van der Waals surface area contributed by atoms with E-state index in [9.17, 15) is 14.7 Å². The molecular weight excluding hydrogens is 308 g/mol. The van der Waals surface area contributed by atoms with Crippen LogP contribution in [0.3, 0.4) is 0 Å². The molecule has 2 rings (SSSR count). The molecule has 0 amide bonds. The van der Waals surface area contributed by atoms with Crippen LogP contribution in [0.4, 0.5) is 0 Å². The van der Waals surface area contributed by atoms with Crippen molar-refractivity contribution in [3.05, 3.63) is 34.9 Å². The molecule has 24 heavy (non-hydrogen) atoms. The van der Waals surface area contributed by atoms with Crippen LogP contribution in [0.25, 0.3) is 0 Å². The molecular formula is C19H26O5. The van der Waals surface area contributed by atoms with Gasteiger partial charge in [-0.2, -0.15) is 0 Å². The van der Waals surface area contributed by atoms with Crippen LogP contribution in [0.1, 0.15) is 52.9 Å². The van der Waals surface area contributed by atoms with E-state index in [1.165, 1.54) is 6.08 Å². The molecule has 1 aliphatic heterocycles. The molecule has 132 valence electrons. The predicted molar refractivity (Wildman–Crippen MR) is 90.6 cm³/mol. The summed E-state index contributed by atoms with van der Waals surface area (Å²) in [4.78, 5) is 22.7. The van der Waals surface area contributed by atoms with Crippen LogP contribution < -0.4 is 0 Å². The number of carbonyl (C=O) groups is 2. The Bertz CT molecular complexity index is 613. The normalized spacial score (nSPS) is 30.0. The smallest absolute Gasteiger partial charge is 0.303 e. The van der Waals surface area contributed by atoms with Gasteiger partial charge in [0.1, 0.15) is 12.2 Å². The Hall–Kier alpha value is -1.72. The van der Waals surface area contributed by atoms with Gasteiger partial charge in [-0.25, -0.2) is 0 Å². The molecule has 0 saturated carbocycles. The highest BCUT2D eigenvalue weighted by Crippen LogP contribution is 2.48. The van der Waals surface area contributed by atoms with Gasteiger partial charge in [-0.3, -0.25) is 9.59 Å². The summed E-state index contributed by atoms with van der Waals surface area (Å²) >= 11 is 0. The fourth-order valence-electron chi connectivity index (χ4n) is 3.01. The number of carbonyl (C=O) groups excluding carboxylic acids is 1. The maximum Gasteiger partial charge on any atom is 0.303 e. The van der Waals surface area contributed by atoms with E-state index in [1.54, 1.807) is 6.92 Å². The largest absolute Gasteiger partial charge is 0.481 e. The number of aliphatic hydroxyl groups excluding tert-OH is 1. The second-order valence-corrected chi connectivity index (χ2v) is 6.86.